The van der Waals surface area contributed by atoms with Gasteiger partial charge in [-0.25, -0.2) is 15.2 Å². The quantitative estimate of drug-likeness (QED) is 0.182. The second-order valence-electron chi connectivity index (χ2n) is 8.54. The van der Waals surface area contributed by atoms with E-state index in [1.165, 1.54) is 0 Å². The van der Waals surface area contributed by atoms with Gasteiger partial charge in [0.05, 0.1) is 18.0 Å². The molecule has 2 aliphatic rings. The summed E-state index contributed by atoms with van der Waals surface area (Å²) in [6.45, 7) is 9.23. The number of aliphatic hydroxyl groups is 1. The molecule has 0 aliphatic carbocycles. The Morgan fingerprint density at radius 2 is 2.28 bits per heavy atom. The van der Waals surface area contributed by atoms with Crippen LogP contribution < -0.4 is 16.4 Å². The molecule has 0 amide bonds. The average molecular weight is 514 g/mol. The lowest BCUT2D eigenvalue weighted by Crippen LogP contribution is -2.50. The number of nitrogens with one attached hydrogen (secondary N) is 3. The Balaban J connectivity index is 1.68. The van der Waals surface area contributed by atoms with E-state index in [9.17, 15) is 9.50 Å². The maximum absolute atomic E-state index is 13.3. The summed E-state index contributed by atoms with van der Waals surface area (Å²) in [7, 11) is 1.75. The molecule has 10 heteroatoms. The van der Waals surface area contributed by atoms with E-state index in [1.54, 1.807) is 38.0 Å². The SMILES string of the molecule is C=C(S/C=C\C)C1=NCC(C(/C=C\CC(C)F)=NC)=C2CC(NNNCC(O)c3ccccn3)CN12. The molecule has 1 aromatic rings. The Labute approximate surface area is 217 Å². The summed E-state index contributed by atoms with van der Waals surface area (Å²) in [5, 5.41) is 12.3. The Kier molecular flexibility index (Phi) is 11.0. The highest BCUT2D eigenvalue weighted by atomic mass is 32.2. The lowest BCUT2D eigenvalue weighted by atomic mass is 10.0. The minimum atomic E-state index is -0.897. The second-order valence-corrected chi connectivity index (χ2v) is 9.54. The van der Waals surface area contributed by atoms with Gasteiger partial charge in [-0.2, -0.15) is 5.53 Å². The van der Waals surface area contributed by atoms with Crippen LogP contribution in [0, 0.1) is 0 Å². The Morgan fingerprint density at radius 3 is 2.97 bits per heavy atom. The van der Waals surface area contributed by atoms with Gasteiger partial charge >= 0.3 is 0 Å². The van der Waals surface area contributed by atoms with E-state index in [-0.39, 0.29) is 6.04 Å². The fourth-order valence-electron chi connectivity index (χ4n) is 3.99. The van der Waals surface area contributed by atoms with Gasteiger partial charge in [-0.1, -0.05) is 36.6 Å². The van der Waals surface area contributed by atoms with Crippen molar-refractivity contribution in [3.05, 3.63) is 76.5 Å². The number of halogens is 1. The zero-order valence-electron chi connectivity index (χ0n) is 21.1. The minimum Gasteiger partial charge on any atom is -0.385 e. The number of nitrogens with zero attached hydrogens (tertiary/aromatic N) is 4. The van der Waals surface area contributed by atoms with Crippen molar-refractivity contribution < 1.29 is 9.50 Å². The molecule has 2 aliphatic heterocycles. The van der Waals surface area contributed by atoms with E-state index in [4.69, 9.17) is 4.99 Å². The van der Waals surface area contributed by atoms with Gasteiger partial charge < -0.3 is 10.0 Å². The molecule has 3 rings (SSSR count). The molecule has 0 radical (unpaired) electrons. The van der Waals surface area contributed by atoms with Crippen molar-refractivity contribution >= 4 is 23.3 Å². The third kappa shape index (κ3) is 7.68. The van der Waals surface area contributed by atoms with Gasteiger partial charge in [0, 0.05) is 55.0 Å². The van der Waals surface area contributed by atoms with E-state index in [1.807, 2.05) is 42.7 Å². The van der Waals surface area contributed by atoms with Crippen molar-refractivity contribution in [2.75, 3.05) is 26.7 Å². The Morgan fingerprint density at radius 1 is 1.44 bits per heavy atom. The molecule has 1 aromatic heterocycles. The first kappa shape index (κ1) is 27.9. The number of thioether (sulfide) groups is 1. The minimum absolute atomic E-state index is 0.0743. The van der Waals surface area contributed by atoms with Gasteiger partial charge in [-0.15, -0.1) is 0 Å². The predicted molar refractivity (Wildman–Crippen MR) is 147 cm³/mol. The fraction of sp³-hybridized carbons (Fsp3) is 0.423. The highest BCUT2D eigenvalue weighted by molar-refractivity contribution is 8.06. The van der Waals surface area contributed by atoms with E-state index in [0.29, 0.717) is 31.7 Å². The van der Waals surface area contributed by atoms with Gasteiger partial charge in [-0.05, 0) is 43.9 Å². The van der Waals surface area contributed by atoms with Crippen molar-refractivity contribution in [2.45, 2.75) is 45.0 Å². The number of aliphatic imine (C=N–C) groups is 2. The molecule has 3 unspecified atom stereocenters. The molecule has 3 atom stereocenters. The number of rotatable bonds is 13. The van der Waals surface area contributed by atoms with E-state index >= 15 is 0 Å². The highest BCUT2D eigenvalue weighted by Gasteiger charge is 2.35. The largest absolute Gasteiger partial charge is 0.385 e. The third-order valence-electron chi connectivity index (χ3n) is 5.73. The summed E-state index contributed by atoms with van der Waals surface area (Å²) in [6, 6.07) is 5.53. The van der Waals surface area contributed by atoms with Crippen LogP contribution in [-0.4, -0.2) is 65.4 Å². The van der Waals surface area contributed by atoms with Crippen LogP contribution in [0.25, 0.3) is 0 Å². The summed E-state index contributed by atoms with van der Waals surface area (Å²) in [6.07, 6.45) is 6.83. The number of fused-ring (bicyclic) bond motifs is 1. The molecule has 1 saturated heterocycles. The first-order valence-corrected chi connectivity index (χ1v) is 12.9. The lowest BCUT2D eigenvalue weighted by Gasteiger charge is -2.29. The molecule has 0 bridgehead atoms. The predicted octanol–water partition coefficient (Wildman–Crippen LogP) is 3.61. The molecule has 0 spiro atoms. The molecule has 4 N–H and O–H groups in total. The molecule has 0 saturated carbocycles. The van der Waals surface area contributed by atoms with E-state index < -0.39 is 12.3 Å². The maximum atomic E-state index is 13.3. The van der Waals surface area contributed by atoms with Crippen LogP contribution in [-0.2, 0) is 0 Å². The number of hydrogen-bond acceptors (Lipinski definition) is 9. The van der Waals surface area contributed by atoms with Crippen LogP contribution in [0.5, 0.6) is 0 Å². The number of pyridine rings is 1. The summed E-state index contributed by atoms with van der Waals surface area (Å²) in [5.74, 6) is 0.858. The average Bonchev–Trinajstić information content (AvgIpc) is 3.31. The molecule has 36 heavy (non-hydrogen) atoms. The Hall–Kier alpha value is -2.63. The molecule has 8 nitrogen and oxygen atoms in total. The number of amidine groups is 1. The van der Waals surface area contributed by atoms with E-state index in [2.05, 4.69) is 37.8 Å². The number of aliphatic hydroxyl groups excluding tert-OH is 1. The monoisotopic (exact) mass is 513 g/mol. The van der Waals surface area contributed by atoms with Crippen molar-refractivity contribution in [3.8, 4) is 0 Å². The topological polar surface area (TPSA) is 97.2 Å². The standard InChI is InChI=1S/C26H36FN7OS/c1-5-13-36-19(3)26-30-15-21(22(28-4)11-8-9-18(2)27)24-14-20(17-34(24)26)32-33-31-16-25(35)23-10-6-7-12-29-23/h5-8,10-13,18,20,25,31-33,35H,3,9,14-17H2,1-2,4H3/b11-8-,13-5-,28-22?. The Bertz CT molecular complexity index is 1040. The summed E-state index contributed by atoms with van der Waals surface area (Å²) in [5.41, 5.74) is 12.9. The van der Waals surface area contributed by atoms with Crippen molar-refractivity contribution in [3.63, 3.8) is 0 Å². The van der Waals surface area contributed by atoms with Gasteiger partial charge in [0.1, 0.15) is 18.1 Å². The molecular formula is C26H36FN7OS. The molecule has 3 heterocycles. The van der Waals surface area contributed by atoms with Crippen LogP contribution in [0.1, 0.15) is 38.5 Å². The molecule has 194 valence electrons. The summed E-state index contributed by atoms with van der Waals surface area (Å²) in [4.78, 5) is 16.6. The zero-order chi connectivity index (χ0) is 25.9. The van der Waals surface area contributed by atoms with Crippen molar-refractivity contribution in [1.29, 1.82) is 0 Å². The van der Waals surface area contributed by atoms with Crippen LogP contribution in [0.2, 0.25) is 0 Å². The molecule has 0 aromatic carbocycles. The number of hydrazine groups is 2. The van der Waals surface area contributed by atoms with E-state index in [0.717, 1.165) is 34.1 Å². The van der Waals surface area contributed by atoms with Crippen LogP contribution >= 0.6 is 11.8 Å². The maximum Gasteiger partial charge on any atom is 0.141 e. The summed E-state index contributed by atoms with van der Waals surface area (Å²) < 4.78 is 13.3. The highest BCUT2D eigenvalue weighted by Crippen LogP contribution is 2.33. The smallest absolute Gasteiger partial charge is 0.141 e. The van der Waals surface area contributed by atoms with Crippen molar-refractivity contribution in [2.24, 2.45) is 9.98 Å². The number of hydrogen-bond donors (Lipinski definition) is 4. The summed E-state index contributed by atoms with van der Waals surface area (Å²) >= 11 is 1.55. The third-order valence-corrected chi connectivity index (χ3v) is 6.61. The number of allylic oxidation sites excluding steroid dienone is 3. The fourth-order valence-corrected chi connectivity index (χ4v) is 4.57. The van der Waals surface area contributed by atoms with Gasteiger partial charge in [0.2, 0.25) is 0 Å². The zero-order valence-corrected chi connectivity index (χ0v) is 21.9. The van der Waals surface area contributed by atoms with Gasteiger partial charge in [-0.3, -0.25) is 15.0 Å². The van der Waals surface area contributed by atoms with Crippen LogP contribution in [0.4, 0.5) is 4.39 Å². The number of aromatic nitrogens is 1. The first-order valence-electron chi connectivity index (χ1n) is 12.1. The second kappa shape index (κ2) is 14.2. The normalized spacial score (nSPS) is 20.2. The molecular weight excluding hydrogens is 477 g/mol. The lowest BCUT2D eigenvalue weighted by molar-refractivity contribution is 0.159. The number of alkyl halides is 1. The van der Waals surface area contributed by atoms with Crippen LogP contribution in [0.15, 0.2) is 80.8 Å². The van der Waals surface area contributed by atoms with Crippen LogP contribution in [0.3, 0.4) is 0 Å². The van der Waals surface area contributed by atoms with Gasteiger partial charge in [0.25, 0.3) is 0 Å². The molecule has 1 fully saturated rings. The van der Waals surface area contributed by atoms with Gasteiger partial charge in [0.15, 0.2) is 0 Å². The first-order chi connectivity index (χ1) is 17.4. The van der Waals surface area contributed by atoms with Crippen molar-refractivity contribution in [1.82, 2.24) is 26.3 Å².